The number of carbonyl (C=O) groups excluding carboxylic acids is 13. The van der Waals surface area contributed by atoms with Gasteiger partial charge in [-0.1, -0.05) is 0 Å². The number of nitrogens with one attached hydrogen (secondary N) is 2. The van der Waals surface area contributed by atoms with E-state index in [4.69, 9.17) is 33.5 Å². The van der Waals surface area contributed by atoms with Crippen LogP contribution in [0.1, 0.15) is 271 Å². The van der Waals surface area contributed by atoms with Gasteiger partial charge in [-0.25, -0.2) is 38.5 Å². The molecule has 0 saturated carbocycles. The summed E-state index contributed by atoms with van der Waals surface area (Å²) in [6, 6.07) is -1.66. The smallest absolute Gasteiger partial charge is 1.00 e. The summed E-state index contributed by atoms with van der Waals surface area (Å²) in [5.74, 6) is -1.16. The Morgan fingerprint density at radius 1 is 0.524 bits per heavy atom. The molecule has 103 heavy (non-hydrogen) atoms. The van der Waals surface area contributed by atoms with Crippen LogP contribution in [0.25, 0.3) is 0 Å². The number of carbonyl (C=O) groups is 14. The molecular formula is C71H124BrLiMgN6O23. The molecule has 4 N–H and O–H groups in total. The molecule has 0 aromatic rings. The summed E-state index contributed by atoms with van der Waals surface area (Å²) < 4.78 is 34.4. The monoisotopic (exact) mass is 1540 g/mol. The van der Waals surface area contributed by atoms with Gasteiger partial charge in [0.1, 0.15) is 63.3 Å². The SMILES string of the molecule is CC(=O)CC[C@H](NC(=O)OC(C)(C)C)C(C)=O.CC(=O)[C@@H]1CCC(=O)N1C(=O)OC(C)(C)C.CC(=O)[C@@H]1CCC(C)=N1.CC(=O)[C@@H]1CC[C@H](C)N1.CC(=O)[C@@H]1CC[C@H](C)N1C(=O)OC(C)(C)C.CC(C)(C)OC(=O)OC(=O)OC(C)(C)C.C[C@H]1CC[C@@H](C(=O)O)N1C(=O)OC(C)(C)C.[Br-].[CH3-].[Li+].[Mg+2].[OH-]. The Kier molecular flexibility index (Phi) is 53.0. The molecule has 5 aliphatic heterocycles. The number of carboxylic acids is 1. The number of amides is 5. The number of halogens is 1. The molecule has 0 spiro atoms. The number of hydrogen-bond acceptors (Lipinski definition) is 24. The average Bonchev–Trinajstić information content (AvgIpc) is 1.71. The first-order chi connectivity index (χ1) is 44.2. The third kappa shape index (κ3) is 50.5. The minimum absolute atomic E-state index is 0. The minimum atomic E-state index is -1.06. The molecule has 5 amide bonds. The van der Waals surface area contributed by atoms with Crippen molar-refractivity contribution >= 4 is 112 Å². The summed E-state index contributed by atoms with van der Waals surface area (Å²) in [5, 5.41) is 14.7. The number of aliphatic carboxylic acids is 1. The van der Waals surface area contributed by atoms with Gasteiger partial charge in [-0.2, -0.15) is 0 Å². The molecule has 5 aliphatic rings. The summed E-state index contributed by atoms with van der Waals surface area (Å²) in [4.78, 5) is 166. The maximum Gasteiger partial charge on any atom is 2.00 e. The summed E-state index contributed by atoms with van der Waals surface area (Å²) >= 11 is 0. The molecule has 4 saturated heterocycles. The Labute approximate surface area is 651 Å². The number of carboxylic acid groups (broad SMARTS) is 1. The number of rotatable bonds is 10. The number of ketones is 6. The second-order valence-corrected chi connectivity index (χ2v) is 30.9. The Morgan fingerprint density at radius 3 is 1.20 bits per heavy atom. The van der Waals surface area contributed by atoms with Crippen LogP contribution in [0, 0.1) is 7.43 Å². The fourth-order valence-electron chi connectivity index (χ4n) is 9.53. The van der Waals surface area contributed by atoms with Crippen molar-refractivity contribution in [3.8, 4) is 0 Å². The molecule has 0 radical (unpaired) electrons. The molecular weight excluding hydrogens is 1420 g/mol. The zero-order valence-corrected chi connectivity index (χ0v) is 70.5. The first-order valence-corrected chi connectivity index (χ1v) is 33.4. The van der Waals surface area contributed by atoms with Crippen molar-refractivity contribution in [2.75, 3.05) is 0 Å². The summed E-state index contributed by atoms with van der Waals surface area (Å²) in [7, 11) is 0. The molecule has 0 bridgehead atoms. The minimum Gasteiger partial charge on any atom is -1.00 e. The number of imide groups is 1. The van der Waals surface area contributed by atoms with Crippen molar-refractivity contribution in [1.82, 2.24) is 25.3 Å². The van der Waals surface area contributed by atoms with Gasteiger partial charge in [0.25, 0.3) is 0 Å². The number of ether oxygens (including phenoxy) is 7. The standard InChI is InChI=1S/C12H21NO4.C12H21NO3.C11H17NO4.C11H19NO4.C10H18O5.C7H13NO.C7H11NO.CH3.BrH.Li.Mg.H2O/c1-8(14)6-7-10(9(2)15)13-11(16)17-12(3,4)5;1-8-6-7-10(9(2)14)13(8)11(15)16-12(3,4)5;1-7(13)8-5-6-9(14)12(8)10(15)16-11(2,3)4;1-7-5-6-8(9(13)14)12(7)10(15)16-11(2,3)4;1-9(2,3)14-7(11)13-8(12)15-10(4,5)6;2*1-5-3-4-7(8-5)6(2)9;;;;;/h10H,6-7H2,1-5H3,(H,13,16);8,10H,6-7H2,1-5H3;8H,5-6H2,1-4H3;7-8H,5-6H2,1-4H3,(H,13,14);1-6H3;5,7-8H,3-4H2,1-2H3;7H,3-4H2,1-2H3;1H3;1H;;;1H2/q;;;;;;;-1;;+1;+2;/p-2/t10-;8-,10-;8-;7-,8-;;5-,7-;7-;;;;;/m0000.00...../s1. The average molecular weight is 1540 g/mol. The van der Waals surface area contributed by atoms with Crippen LogP contribution in [-0.2, 0) is 71.5 Å². The molecule has 5 rings (SSSR count). The van der Waals surface area contributed by atoms with E-state index in [1.807, 2.05) is 41.5 Å². The fourth-order valence-corrected chi connectivity index (χ4v) is 9.53. The van der Waals surface area contributed by atoms with Gasteiger partial charge in [0.15, 0.2) is 23.1 Å². The maximum absolute atomic E-state index is 11.9. The van der Waals surface area contributed by atoms with Gasteiger partial charge in [0.05, 0.1) is 18.1 Å². The van der Waals surface area contributed by atoms with E-state index in [0.29, 0.717) is 31.7 Å². The van der Waals surface area contributed by atoms with Gasteiger partial charge in [0.2, 0.25) is 5.91 Å². The van der Waals surface area contributed by atoms with Crippen LogP contribution in [0.15, 0.2) is 4.99 Å². The zero-order valence-electron chi connectivity index (χ0n) is 67.5. The zero-order chi connectivity index (χ0) is 77.1. The quantitative estimate of drug-likeness (QED) is 0.0715. The summed E-state index contributed by atoms with van der Waals surface area (Å²) in [6.07, 6.45) is 3.71. The molecule has 0 unspecified atom stereocenters. The molecule has 32 heteroatoms. The van der Waals surface area contributed by atoms with Crippen LogP contribution in [0.5, 0.6) is 0 Å². The third-order valence-corrected chi connectivity index (χ3v) is 14.0. The van der Waals surface area contributed by atoms with Crippen LogP contribution in [-0.4, -0.2) is 225 Å². The van der Waals surface area contributed by atoms with Crippen LogP contribution in [0.3, 0.4) is 0 Å². The van der Waals surface area contributed by atoms with E-state index in [-0.39, 0.29) is 162 Å². The number of Topliss-reactive ketones (excluding diaryl/α,β-unsaturated/α-hetero) is 6. The number of likely N-dealkylation sites (tertiary alicyclic amines) is 3. The predicted octanol–water partition coefficient (Wildman–Crippen LogP) is 6.25. The van der Waals surface area contributed by atoms with Crippen LogP contribution in [0.4, 0.5) is 28.8 Å². The summed E-state index contributed by atoms with van der Waals surface area (Å²) in [6.45, 7) is 48.0. The van der Waals surface area contributed by atoms with Crippen molar-refractivity contribution in [3.05, 3.63) is 7.43 Å². The van der Waals surface area contributed by atoms with E-state index in [1.165, 1.54) is 32.6 Å². The van der Waals surface area contributed by atoms with Crippen LogP contribution in [0.2, 0.25) is 0 Å². The summed E-state index contributed by atoms with van der Waals surface area (Å²) in [5.41, 5.74) is -2.65. The molecule has 9 atom stereocenters. The molecule has 0 aliphatic carbocycles. The molecule has 0 aromatic carbocycles. The normalized spacial score (nSPS) is 20.4. The predicted molar refractivity (Wildman–Crippen MR) is 381 cm³/mol. The van der Waals surface area contributed by atoms with Gasteiger partial charge in [0, 0.05) is 36.7 Å². The Balaban J connectivity index is -0.000000209. The van der Waals surface area contributed by atoms with Gasteiger partial charge in [-0.15, -0.1) is 0 Å². The maximum atomic E-state index is 11.9. The molecule has 4 fully saturated rings. The number of hydrogen-bond donors (Lipinski definition) is 3. The Bertz CT molecular complexity index is 2710. The largest absolute Gasteiger partial charge is 2.00 e. The second kappa shape index (κ2) is 49.3. The first kappa shape index (κ1) is 111. The molecule has 0 aromatic heterocycles. The van der Waals surface area contributed by atoms with Crippen LogP contribution < -0.4 is 46.5 Å². The van der Waals surface area contributed by atoms with Gasteiger partial charge < -0.3 is 83.6 Å². The number of alkyl carbamates (subject to hydrolysis) is 1. The van der Waals surface area contributed by atoms with Crippen molar-refractivity contribution in [3.63, 3.8) is 0 Å². The van der Waals surface area contributed by atoms with E-state index in [9.17, 15) is 67.1 Å². The Morgan fingerprint density at radius 2 is 0.913 bits per heavy atom. The molecule has 5 heterocycles. The van der Waals surface area contributed by atoms with Crippen molar-refractivity contribution in [2.45, 2.75) is 359 Å². The van der Waals surface area contributed by atoms with Crippen LogP contribution >= 0.6 is 0 Å². The Hall–Kier alpha value is -5.59. The topological polar surface area (TPSA) is 400 Å². The van der Waals surface area contributed by atoms with Gasteiger partial charge in [-0.05, 0) is 258 Å². The van der Waals surface area contributed by atoms with E-state index >= 15 is 0 Å². The van der Waals surface area contributed by atoms with Gasteiger partial charge >= 0.3 is 84.6 Å². The van der Waals surface area contributed by atoms with Crippen molar-refractivity contribution in [2.24, 2.45) is 4.99 Å². The second-order valence-electron chi connectivity index (χ2n) is 30.9. The van der Waals surface area contributed by atoms with Crippen molar-refractivity contribution in [1.29, 1.82) is 0 Å². The van der Waals surface area contributed by atoms with E-state index < -0.39 is 88.3 Å². The van der Waals surface area contributed by atoms with Crippen molar-refractivity contribution < 1.29 is 147 Å². The van der Waals surface area contributed by atoms with E-state index in [2.05, 4.69) is 27.3 Å². The molecule has 586 valence electrons. The number of aliphatic imine (C=N–C) groups is 1. The number of nitrogens with zero attached hydrogens (tertiary/aromatic N) is 4. The van der Waals surface area contributed by atoms with E-state index in [1.54, 1.807) is 123 Å². The van der Waals surface area contributed by atoms with E-state index in [0.717, 1.165) is 49.1 Å². The third-order valence-electron chi connectivity index (χ3n) is 14.0. The molecule has 29 nitrogen and oxygen atoms in total. The first-order valence-electron chi connectivity index (χ1n) is 33.4. The van der Waals surface area contributed by atoms with Gasteiger partial charge in [-0.3, -0.25) is 43.6 Å². The fraction of sp³-hybridized carbons (Fsp3) is 0.775.